The molecule has 0 unspecified atom stereocenters. The summed E-state index contributed by atoms with van der Waals surface area (Å²) in [5.41, 5.74) is 0.287. The van der Waals surface area contributed by atoms with E-state index in [9.17, 15) is 18.0 Å². The van der Waals surface area contributed by atoms with Crippen molar-refractivity contribution in [2.75, 3.05) is 4.90 Å². The van der Waals surface area contributed by atoms with Gasteiger partial charge in [0.2, 0.25) is 0 Å². The molecule has 0 saturated carbocycles. The maximum Gasteiger partial charge on any atom is 0.420 e. The van der Waals surface area contributed by atoms with E-state index in [0.717, 1.165) is 4.90 Å². The van der Waals surface area contributed by atoms with E-state index in [0.29, 0.717) is 17.3 Å². The van der Waals surface area contributed by atoms with Crippen molar-refractivity contribution in [3.8, 4) is 5.75 Å². The molecule has 1 atom stereocenters. The standard InChI is InChI=1S/C16H13ClF3N3O2/c1-8-10(4-3-5-21-8)7-23-14-13(25-9(2)15(23)24)11(16(18,19)20)6-12(17)22-14/h3-6,9H,7H2,1-2H3/t9-/m1/s1. The lowest BCUT2D eigenvalue weighted by Crippen LogP contribution is -2.45. The van der Waals surface area contributed by atoms with Crippen LogP contribution in [0.4, 0.5) is 19.0 Å². The van der Waals surface area contributed by atoms with E-state index in [-0.39, 0.29) is 17.5 Å². The zero-order chi connectivity index (χ0) is 18.4. The summed E-state index contributed by atoms with van der Waals surface area (Å²) in [4.78, 5) is 21.7. The van der Waals surface area contributed by atoms with E-state index >= 15 is 0 Å². The van der Waals surface area contributed by atoms with Gasteiger partial charge in [-0.3, -0.25) is 14.7 Å². The molecule has 0 radical (unpaired) electrons. The normalized spacial score (nSPS) is 17.3. The minimum Gasteiger partial charge on any atom is -0.476 e. The summed E-state index contributed by atoms with van der Waals surface area (Å²) in [6.45, 7) is 3.16. The molecule has 0 N–H and O–H groups in total. The number of nitrogens with zero attached hydrogens (tertiary/aromatic N) is 3. The summed E-state index contributed by atoms with van der Waals surface area (Å²) < 4.78 is 45.2. The molecule has 1 amide bonds. The SMILES string of the molecule is Cc1ncccc1CN1C(=O)[C@@H](C)Oc2c(C(F)(F)F)cc(Cl)nc21. The van der Waals surface area contributed by atoms with Crippen molar-refractivity contribution in [3.63, 3.8) is 0 Å². The van der Waals surface area contributed by atoms with Crippen LogP contribution in [-0.4, -0.2) is 22.0 Å². The number of fused-ring (bicyclic) bond motifs is 1. The van der Waals surface area contributed by atoms with Gasteiger partial charge < -0.3 is 4.74 Å². The second-order valence-electron chi connectivity index (χ2n) is 5.58. The molecule has 1 aliphatic heterocycles. The van der Waals surface area contributed by atoms with Gasteiger partial charge in [0.05, 0.1) is 6.54 Å². The highest BCUT2D eigenvalue weighted by Gasteiger charge is 2.42. The van der Waals surface area contributed by atoms with Crippen LogP contribution in [0.1, 0.15) is 23.7 Å². The van der Waals surface area contributed by atoms with Crippen LogP contribution in [-0.2, 0) is 17.5 Å². The lowest BCUT2D eigenvalue weighted by atomic mass is 10.1. The Morgan fingerprint density at radius 2 is 2.12 bits per heavy atom. The number of alkyl halides is 3. The third-order valence-electron chi connectivity index (χ3n) is 3.84. The Labute approximate surface area is 146 Å². The van der Waals surface area contributed by atoms with E-state index in [1.807, 2.05) is 0 Å². The van der Waals surface area contributed by atoms with Crippen LogP contribution in [0.15, 0.2) is 24.4 Å². The number of anilines is 1. The molecule has 5 nitrogen and oxygen atoms in total. The zero-order valence-electron chi connectivity index (χ0n) is 13.3. The van der Waals surface area contributed by atoms with Crippen molar-refractivity contribution in [2.24, 2.45) is 0 Å². The molecule has 3 heterocycles. The average Bonchev–Trinajstić information content (AvgIpc) is 2.52. The highest BCUT2D eigenvalue weighted by molar-refractivity contribution is 6.29. The Bertz CT molecular complexity index is 842. The van der Waals surface area contributed by atoms with Crippen LogP contribution in [0.3, 0.4) is 0 Å². The van der Waals surface area contributed by atoms with Gasteiger partial charge in [-0.25, -0.2) is 4.98 Å². The maximum atomic E-state index is 13.3. The summed E-state index contributed by atoms with van der Waals surface area (Å²) in [6, 6.07) is 4.12. The lowest BCUT2D eigenvalue weighted by molar-refractivity contribution is -0.141. The molecule has 2 aromatic heterocycles. The number of carbonyl (C=O) groups excluding carboxylic acids is 1. The van der Waals surface area contributed by atoms with Crippen molar-refractivity contribution in [1.82, 2.24) is 9.97 Å². The molecule has 2 aromatic rings. The summed E-state index contributed by atoms with van der Waals surface area (Å²) in [5.74, 6) is -1.24. The third kappa shape index (κ3) is 3.26. The summed E-state index contributed by atoms with van der Waals surface area (Å²) in [6.07, 6.45) is -4.17. The van der Waals surface area contributed by atoms with Crippen LogP contribution >= 0.6 is 11.6 Å². The molecule has 0 aromatic carbocycles. The van der Waals surface area contributed by atoms with Gasteiger partial charge in [-0.2, -0.15) is 13.2 Å². The quantitative estimate of drug-likeness (QED) is 0.754. The molecule has 25 heavy (non-hydrogen) atoms. The molecule has 0 fully saturated rings. The molecule has 0 aliphatic carbocycles. The first-order chi connectivity index (χ1) is 11.7. The highest BCUT2D eigenvalue weighted by atomic mass is 35.5. The second-order valence-corrected chi connectivity index (χ2v) is 5.96. The first-order valence-corrected chi connectivity index (χ1v) is 7.72. The van der Waals surface area contributed by atoms with Crippen LogP contribution in [0.25, 0.3) is 0 Å². The van der Waals surface area contributed by atoms with Gasteiger partial charge in [0.1, 0.15) is 10.7 Å². The lowest BCUT2D eigenvalue weighted by Gasteiger charge is -2.33. The number of rotatable bonds is 2. The van der Waals surface area contributed by atoms with Gasteiger partial charge in [-0.15, -0.1) is 0 Å². The number of aryl methyl sites for hydroxylation is 1. The fourth-order valence-corrected chi connectivity index (χ4v) is 2.75. The van der Waals surface area contributed by atoms with E-state index in [2.05, 4.69) is 9.97 Å². The molecule has 0 spiro atoms. The van der Waals surface area contributed by atoms with Crippen molar-refractivity contribution in [1.29, 1.82) is 0 Å². The van der Waals surface area contributed by atoms with Gasteiger partial charge >= 0.3 is 6.18 Å². The molecule has 9 heteroatoms. The van der Waals surface area contributed by atoms with Crippen LogP contribution < -0.4 is 9.64 Å². The Balaban J connectivity index is 2.14. The number of halogens is 4. The maximum absolute atomic E-state index is 13.3. The first kappa shape index (κ1) is 17.5. The Morgan fingerprint density at radius 3 is 2.76 bits per heavy atom. The fraction of sp³-hybridized carbons (Fsp3) is 0.312. The van der Waals surface area contributed by atoms with Crippen molar-refractivity contribution in [3.05, 3.63) is 46.4 Å². The van der Waals surface area contributed by atoms with Gasteiger partial charge in [-0.1, -0.05) is 17.7 Å². The van der Waals surface area contributed by atoms with E-state index in [1.54, 1.807) is 25.3 Å². The smallest absolute Gasteiger partial charge is 0.420 e. The van der Waals surface area contributed by atoms with Gasteiger partial charge in [0, 0.05) is 11.9 Å². The summed E-state index contributed by atoms with van der Waals surface area (Å²) >= 11 is 5.75. The summed E-state index contributed by atoms with van der Waals surface area (Å²) in [5, 5.41) is -0.370. The number of hydrogen-bond acceptors (Lipinski definition) is 4. The van der Waals surface area contributed by atoms with Crippen molar-refractivity contribution < 1.29 is 22.7 Å². The Hall–Kier alpha value is -2.35. The predicted molar refractivity (Wildman–Crippen MR) is 84.5 cm³/mol. The number of pyridine rings is 2. The molecule has 3 rings (SSSR count). The average molecular weight is 372 g/mol. The van der Waals surface area contributed by atoms with Crippen molar-refractivity contribution in [2.45, 2.75) is 32.7 Å². The Morgan fingerprint density at radius 1 is 1.40 bits per heavy atom. The molecule has 0 saturated heterocycles. The van der Waals surface area contributed by atoms with Crippen LogP contribution in [0, 0.1) is 6.92 Å². The minimum atomic E-state index is -4.69. The Kier molecular flexibility index (Phi) is 4.32. The minimum absolute atomic E-state index is 0.0177. The number of amides is 1. The zero-order valence-corrected chi connectivity index (χ0v) is 14.0. The monoisotopic (exact) mass is 371 g/mol. The van der Waals surface area contributed by atoms with E-state index in [1.165, 1.54) is 6.92 Å². The van der Waals surface area contributed by atoms with Crippen LogP contribution in [0.5, 0.6) is 5.75 Å². The van der Waals surface area contributed by atoms with Crippen LogP contribution in [0.2, 0.25) is 5.15 Å². The number of ether oxygens (including phenoxy) is 1. The molecular formula is C16H13ClF3N3O2. The second kappa shape index (κ2) is 6.18. The van der Waals surface area contributed by atoms with Gasteiger partial charge in [-0.05, 0) is 31.5 Å². The number of hydrogen-bond donors (Lipinski definition) is 0. The van der Waals surface area contributed by atoms with Gasteiger partial charge in [0.15, 0.2) is 17.7 Å². The fourth-order valence-electron chi connectivity index (χ4n) is 2.56. The number of aromatic nitrogens is 2. The molecular weight excluding hydrogens is 359 g/mol. The highest BCUT2D eigenvalue weighted by Crippen LogP contribution is 2.45. The third-order valence-corrected chi connectivity index (χ3v) is 4.03. The molecule has 1 aliphatic rings. The largest absolute Gasteiger partial charge is 0.476 e. The van der Waals surface area contributed by atoms with E-state index < -0.39 is 29.5 Å². The van der Waals surface area contributed by atoms with Crippen molar-refractivity contribution >= 4 is 23.3 Å². The van der Waals surface area contributed by atoms with Gasteiger partial charge in [0.25, 0.3) is 5.91 Å². The predicted octanol–water partition coefficient (Wildman–Crippen LogP) is 3.77. The number of carbonyl (C=O) groups is 1. The summed E-state index contributed by atoms with van der Waals surface area (Å²) in [7, 11) is 0. The van der Waals surface area contributed by atoms with E-state index in [4.69, 9.17) is 16.3 Å². The first-order valence-electron chi connectivity index (χ1n) is 7.34. The topological polar surface area (TPSA) is 55.3 Å². The molecule has 0 bridgehead atoms. The molecule has 132 valence electrons.